The number of nitrogens with two attached hydrogens (primary N) is 1. The van der Waals surface area contributed by atoms with Crippen LogP contribution in [0.25, 0.3) is 0 Å². The molecule has 4 N–H and O–H groups in total. The molecule has 2 amide bonds. The molecule has 4 aliphatic carbocycles. The molecule has 4 saturated carbocycles. The number of carbonyl (C=O) groups is 1. The number of urea groups is 1. The minimum Gasteiger partial charge on any atom is -0.393 e. The van der Waals surface area contributed by atoms with Crippen LogP contribution < -0.4 is 16.4 Å². The summed E-state index contributed by atoms with van der Waals surface area (Å²) in [6.07, 6.45) is 8.26. The fourth-order valence-electron chi connectivity index (χ4n) is 5.12. The second-order valence-corrected chi connectivity index (χ2v) is 7.89. The maximum atomic E-state index is 12.2. The van der Waals surface area contributed by atoms with Gasteiger partial charge in [-0.05, 0) is 63.2 Å². The van der Waals surface area contributed by atoms with E-state index in [-0.39, 0.29) is 17.6 Å². The molecular formula is C15H25N3OS. The van der Waals surface area contributed by atoms with Gasteiger partial charge >= 0.3 is 6.03 Å². The van der Waals surface area contributed by atoms with E-state index in [1.165, 1.54) is 38.5 Å². The van der Waals surface area contributed by atoms with E-state index in [9.17, 15) is 4.79 Å². The van der Waals surface area contributed by atoms with E-state index in [1.807, 2.05) is 6.92 Å². The van der Waals surface area contributed by atoms with Crippen LogP contribution >= 0.6 is 12.2 Å². The fourth-order valence-corrected chi connectivity index (χ4v) is 5.37. The SMILES string of the molecule is CC(CC(N)=S)NC(=O)NC12CC3CC(CC(C3)C1)C2. The summed E-state index contributed by atoms with van der Waals surface area (Å²) in [6.45, 7) is 1.94. The van der Waals surface area contributed by atoms with Crippen LogP contribution in [0.1, 0.15) is 51.9 Å². The lowest BCUT2D eigenvalue weighted by molar-refractivity contribution is -0.0136. The van der Waals surface area contributed by atoms with Crippen LogP contribution in [0.2, 0.25) is 0 Å². The summed E-state index contributed by atoms with van der Waals surface area (Å²) in [5.74, 6) is 2.53. The van der Waals surface area contributed by atoms with Gasteiger partial charge in [-0.1, -0.05) is 12.2 Å². The van der Waals surface area contributed by atoms with E-state index in [1.54, 1.807) is 0 Å². The van der Waals surface area contributed by atoms with E-state index < -0.39 is 0 Å². The summed E-state index contributed by atoms with van der Waals surface area (Å²) < 4.78 is 0. The Labute approximate surface area is 126 Å². The third-order valence-electron chi connectivity index (χ3n) is 5.30. The van der Waals surface area contributed by atoms with Crippen molar-refractivity contribution in [2.75, 3.05) is 0 Å². The molecule has 4 nitrogen and oxygen atoms in total. The molecule has 1 unspecified atom stereocenters. The van der Waals surface area contributed by atoms with Crippen molar-refractivity contribution in [2.24, 2.45) is 23.5 Å². The average Bonchev–Trinajstić information content (AvgIpc) is 2.23. The average molecular weight is 295 g/mol. The molecule has 20 heavy (non-hydrogen) atoms. The number of nitrogens with one attached hydrogen (secondary N) is 2. The molecule has 0 aliphatic heterocycles. The molecule has 4 rings (SSSR count). The second-order valence-electron chi connectivity index (χ2n) is 7.37. The number of hydrogen-bond acceptors (Lipinski definition) is 2. The van der Waals surface area contributed by atoms with Crippen molar-refractivity contribution >= 4 is 23.2 Å². The number of carbonyl (C=O) groups excluding carboxylic acids is 1. The quantitative estimate of drug-likeness (QED) is 0.697. The summed E-state index contributed by atoms with van der Waals surface area (Å²) in [5.41, 5.74) is 5.59. The van der Waals surface area contributed by atoms with E-state index in [0.29, 0.717) is 11.4 Å². The van der Waals surface area contributed by atoms with Gasteiger partial charge in [0.1, 0.15) is 0 Å². The number of rotatable bonds is 4. The van der Waals surface area contributed by atoms with Crippen molar-refractivity contribution in [3.63, 3.8) is 0 Å². The monoisotopic (exact) mass is 295 g/mol. The Hall–Kier alpha value is -0.840. The van der Waals surface area contributed by atoms with Gasteiger partial charge in [-0.2, -0.15) is 0 Å². The summed E-state index contributed by atoms with van der Waals surface area (Å²) >= 11 is 4.88. The number of amides is 2. The van der Waals surface area contributed by atoms with Gasteiger partial charge in [0.2, 0.25) is 0 Å². The molecule has 5 heteroatoms. The van der Waals surface area contributed by atoms with Crippen LogP contribution in [0.5, 0.6) is 0 Å². The van der Waals surface area contributed by atoms with Crippen molar-refractivity contribution in [3.05, 3.63) is 0 Å². The molecule has 4 fully saturated rings. The lowest BCUT2D eigenvalue weighted by Crippen LogP contribution is -2.62. The normalized spacial score (nSPS) is 39.4. The number of thiocarbonyl (C=S) groups is 1. The third-order valence-corrected chi connectivity index (χ3v) is 5.47. The minimum atomic E-state index is -0.0456. The molecule has 0 heterocycles. The highest BCUT2D eigenvalue weighted by molar-refractivity contribution is 7.80. The zero-order valence-corrected chi connectivity index (χ0v) is 13.0. The summed E-state index contributed by atoms with van der Waals surface area (Å²) in [5, 5.41) is 6.26. The smallest absolute Gasteiger partial charge is 0.315 e. The van der Waals surface area contributed by atoms with Gasteiger partial charge in [-0.25, -0.2) is 4.79 Å². The van der Waals surface area contributed by atoms with Crippen molar-refractivity contribution < 1.29 is 4.79 Å². The molecule has 0 radical (unpaired) electrons. The van der Waals surface area contributed by atoms with Gasteiger partial charge in [0.15, 0.2) is 0 Å². The van der Waals surface area contributed by atoms with Crippen LogP contribution in [-0.4, -0.2) is 22.6 Å². The topological polar surface area (TPSA) is 67.1 Å². The van der Waals surface area contributed by atoms with Gasteiger partial charge in [-0.15, -0.1) is 0 Å². The van der Waals surface area contributed by atoms with Crippen LogP contribution in [0.15, 0.2) is 0 Å². The highest BCUT2D eigenvalue weighted by Crippen LogP contribution is 2.55. The molecule has 0 spiro atoms. The van der Waals surface area contributed by atoms with Crippen LogP contribution in [0.3, 0.4) is 0 Å². The third kappa shape index (κ3) is 2.92. The Balaban J connectivity index is 1.57. The standard InChI is InChI=1S/C15H25N3OS/c1-9(2-13(16)20)17-14(19)18-15-6-10-3-11(7-15)5-12(4-10)8-15/h9-12H,2-8H2,1H3,(H2,16,20)(H2,17,18,19). The molecule has 1 atom stereocenters. The Kier molecular flexibility index (Phi) is 3.65. The second kappa shape index (κ2) is 5.17. The predicted octanol–water partition coefficient (Wildman–Crippen LogP) is 2.32. The largest absolute Gasteiger partial charge is 0.393 e. The maximum absolute atomic E-state index is 12.2. The predicted molar refractivity (Wildman–Crippen MR) is 83.4 cm³/mol. The molecule has 4 bridgehead atoms. The van der Waals surface area contributed by atoms with Crippen molar-refractivity contribution in [1.29, 1.82) is 0 Å². The molecule has 0 saturated heterocycles. The first kappa shape index (κ1) is 14.1. The summed E-state index contributed by atoms with van der Waals surface area (Å²) in [4.78, 5) is 12.7. The Morgan fingerprint density at radius 3 is 2.20 bits per heavy atom. The molecule has 0 aromatic heterocycles. The van der Waals surface area contributed by atoms with Crippen LogP contribution in [0.4, 0.5) is 4.79 Å². The van der Waals surface area contributed by atoms with E-state index >= 15 is 0 Å². The van der Waals surface area contributed by atoms with Gasteiger partial charge in [0.25, 0.3) is 0 Å². The number of hydrogen-bond donors (Lipinski definition) is 3. The summed E-state index contributed by atoms with van der Waals surface area (Å²) in [6, 6.07) is -0.0443. The van der Waals surface area contributed by atoms with Crippen LogP contribution in [-0.2, 0) is 0 Å². The lowest BCUT2D eigenvalue weighted by atomic mass is 9.53. The zero-order valence-electron chi connectivity index (χ0n) is 12.2. The first-order valence-corrected chi connectivity index (χ1v) is 8.22. The van der Waals surface area contributed by atoms with Gasteiger partial charge < -0.3 is 16.4 Å². The molecule has 0 aromatic carbocycles. The Bertz CT molecular complexity index is 388. The van der Waals surface area contributed by atoms with Gasteiger partial charge in [0.05, 0.1) is 4.99 Å². The highest BCUT2D eigenvalue weighted by Gasteiger charge is 2.51. The van der Waals surface area contributed by atoms with Gasteiger partial charge in [0, 0.05) is 18.0 Å². The first-order valence-electron chi connectivity index (χ1n) is 7.81. The molecule has 4 aliphatic rings. The Morgan fingerprint density at radius 2 is 1.75 bits per heavy atom. The Morgan fingerprint density at radius 1 is 1.25 bits per heavy atom. The highest BCUT2D eigenvalue weighted by atomic mass is 32.1. The van der Waals surface area contributed by atoms with Crippen molar-refractivity contribution in [3.8, 4) is 0 Å². The van der Waals surface area contributed by atoms with Crippen molar-refractivity contribution in [1.82, 2.24) is 10.6 Å². The fraction of sp³-hybridized carbons (Fsp3) is 0.867. The molecule has 0 aromatic rings. The minimum absolute atomic E-state index is 0.00131. The van der Waals surface area contributed by atoms with Crippen molar-refractivity contribution in [2.45, 2.75) is 63.5 Å². The van der Waals surface area contributed by atoms with E-state index in [0.717, 1.165) is 17.8 Å². The maximum Gasteiger partial charge on any atom is 0.315 e. The lowest BCUT2D eigenvalue weighted by Gasteiger charge is -2.56. The first-order chi connectivity index (χ1) is 9.44. The van der Waals surface area contributed by atoms with E-state index in [4.69, 9.17) is 18.0 Å². The van der Waals surface area contributed by atoms with E-state index in [2.05, 4.69) is 10.6 Å². The zero-order chi connectivity index (χ0) is 14.3. The molecular weight excluding hydrogens is 270 g/mol. The molecule has 112 valence electrons. The summed E-state index contributed by atoms with van der Waals surface area (Å²) in [7, 11) is 0. The van der Waals surface area contributed by atoms with Crippen LogP contribution in [0, 0.1) is 17.8 Å². The van der Waals surface area contributed by atoms with Gasteiger partial charge in [-0.3, -0.25) is 0 Å².